The van der Waals surface area contributed by atoms with Gasteiger partial charge in [0.1, 0.15) is 6.10 Å². The number of nitrogens with zero attached hydrogens (tertiary/aromatic N) is 3. The highest BCUT2D eigenvalue weighted by Gasteiger charge is 2.41. The zero-order valence-corrected chi connectivity index (χ0v) is 12.4. The first kappa shape index (κ1) is 13.1. The van der Waals surface area contributed by atoms with E-state index in [2.05, 4.69) is 10.4 Å². The van der Waals surface area contributed by atoms with E-state index < -0.39 is 0 Å². The topological polar surface area (TPSA) is 59.4 Å². The van der Waals surface area contributed by atoms with Crippen LogP contribution in [0.2, 0.25) is 0 Å². The van der Waals surface area contributed by atoms with E-state index in [9.17, 15) is 4.79 Å². The van der Waals surface area contributed by atoms with Crippen molar-refractivity contribution in [1.82, 2.24) is 20.0 Å². The molecule has 6 heteroatoms. The summed E-state index contributed by atoms with van der Waals surface area (Å²) in [5, 5.41) is 7.39. The predicted molar refractivity (Wildman–Crippen MR) is 76.7 cm³/mol. The molecule has 4 rings (SSSR count). The maximum absolute atomic E-state index is 12.5. The molecule has 21 heavy (non-hydrogen) atoms. The number of hydrogen-bond acceptors (Lipinski definition) is 3. The van der Waals surface area contributed by atoms with Gasteiger partial charge in [-0.3, -0.25) is 4.68 Å². The van der Waals surface area contributed by atoms with Gasteiger partial charge in [-0.1, -0.05) is 0 Å². The summed E-state index contributed by atoms with van der Waals surface area (Å²) in [7, 11) is 1.90. The predicted octanol–water partition coefficient (Wildman–Crippen LogP) is 1.44. The van der Waals surface area contributed by atoms with Crippen LogP contribution < -0.4 is 5.32 Å². The van der Waals surface area contributed by atoms with Crippen LogP contribution in [0.1, 0.15) is 37.4 Å². The van der Waals surface area contributed by atoms with Crippen molar-refractivity contribution in [1.29, 1.82) is 0 Å². The highest BCUT2D eigenvalue weighted by molar-refractivity contribution is 5.75. The van der Waals surface area contributed by atoms with Crippen molar-refractivity contribution in [2.24, 2.45) is 13.0 Å². The molecule has 1 N–H and O–H groups in total. The van der Waals surface area contributed by atoms with Gasteiger partial charge in [0.2, 0.25) is 0 Å². The largest absolute Gasteiger partial charge is 0.371 e. The number of aryl methyl sites for hydroxylation is 1. The molecule has 2 aliphatic heterocycles. The zero-order valence-electron chi connectivity index (χ0n) is 12.4. The lowest BCUT2D eigenvalue weighted by atomic mass is 10.1. The number of hydrogen-bond donors (Lipinski definition) is 1. The van der Waals surface area contributed by atoms with Crippen molar-refractivity contribution in [2.75, 3.05) is 13.2 Å². The third kappa shape index (κ3) is 2.31. The molecule has 3 fully saturated rings. The number of urea groups is 1. The van der Waals surface area contributed by atoms with E-state index >= 15 is 0 Å². The Morgan fingerprint density at radius 3 is 3.00 bits per heavy atom. The van der Waals surface area contributed by atoms with Crippen molar-refractivity contribution in [3.05, 3.63) is 18.0 Å². The molecule has 1 saturated carbocycles. The Morgan fingerprint density at radius 2 is 2.33 bits per heavy atom. The Bertz CT molecular complexity index is 544. The highest BCUT2D eigenvalue weighted by atomic mass is 16.5. The van der Waals surface area contributed by atoms with Crippen LogP contribution in [0, 0.1) is 5.92 Å². The summed E-state index contributed by atoms with van der Waals surface area (Å²) in [5.41, 5.74) is 1.04. The van der Waals surface area contributed by atoms with Gasteiger partial charge in [-0.15, -0.1) is 0 Å². The monoisotopic (exact) mass is 290 g/mol. The van der Waals surface area contributed by atoms with E-state index in [4.69, 9.17) is 4.74 Å². The lowest BCUT2D eigenvalue weighted by molar-refractivity contribution is 0.0971. The molecule has 1 aliphatic carbocycles. The summed E-state index contributed by atoms with van der Waals surface area (Å²) in [4.78, 5) is 14.5. The Balaban J connectivity index is 1.42. The van der Waals surface area contributed by atoms with Crippen LogP contribution in [0.25, 0.3) is 0 Å². The first-order chi connectivity index (χ1) is 10.2. The molecule has 1 aromatic rings. The number of piperidine rings is 1. The van der Waals surface area contributed by atoms with Crippen molar-refractivity contribution < 1.29 is 9.53 Å². The third-order valence-corrected chi connectivity index (χ3v) is 5.12. The van der Waals surface area contributed by atoms with Crippen LogP contribution in [0.5, 0.6) is 0 Å². The maximum atomic E-state index is 12.5. The molecule has 0 unspecified atom stereocenters. The van der Waals surface area contributed by atoms with Gasteiger partial charge in [0.05, 0.1) is 12.2 Å². The minimum atomic E-state index is -0.0672. The van der Waals surface area contributed by atoms with E-state index in [0.717, 1.165) is 24.4 Å². The number of likely N-dealkylation sites (tertiary alicyclic amines) is 1. The molecule has 1 aromatic heterocycles. The van der Waals surface area contributed by atoms with E-state index in [1.807, 2.05) is 24.3 Å². The standard InChI is InChI=1S/C15H22N4O2/c1-18-9-11(7-16-18)14-13(4-5-21-14)17-15(20)19-8-10-2-3-12(19)6-10/h7,9-10,12-14H,2-6,8H2,1H3,(H,17,20)/t10-,12+,13+,14-/m0/s1. The van der Waals surface area contributed by atoms with Crippen LogP contribution >= 0.6 is 0 Å². The minimum absolute atomic E-state index is 0.0563. The fraction of sp³-hybridized carbons (Fsp3) is 0.733. The number of rotatable bonds is 2. The van der Waals surface area contributed by atoms with Crippen LogP contribution in [-0.2, 0) is 11.8 Å². The second kappa shape index (κ2) is 5.02. The average molecular weight is 290 g/mol. The number of aromatic nitrogens is 2. The molecular formula is C15H22N4O2. The molecule has 2 saturated heterocycles. The molecule has 2 bridgehead atoms. The molecule has 0 radical (unpaired) electrons. The summed E-state index contributed by atoms with van der Waals surface area (Å²) in [5.74, 6) is 0.731. The van der Waals surface area contributed by atoms with Gasteiger partial charge < -0.3 is 15.0 Å². The Kier molecular flexibility index (Phi) is 3.14. The zero-order chi connectivity index (χ0) is 14.4. The minimum Gasteiger partial charge on any atom is -0.371 e. The van der Waals surface area contributed by atoms with Gasteiger partial charge in [-0.05, 0) is 31.6 Å². The molecule has 4 atom stereocenters. The van der Waals surface area contributed by atoms with E-state index in [0.29, 0.717) is 12.6 Å². The summed E-state index contributed by atoms with van der Waals surface area (Å²) < 4.78 is 7.58. The van der Waals surface area contributed by atoms with Crippen molar-refractivity contribution in [2.45, 2.75) is 43.9 Å². The van der Waals surface area contributed by atoms with Crippen molar-refractivity contribution >= 4 is 6.03 Å². The van der Waals surface area contributed by atoms with Crippen LogP contribution in [-0.4, -0.2) is 45.9 Å². The Labute approximate surface area is 124 Å². The fourth-order valence-electron chi connectivity index (χ4n) is 4.07. The molecular weight excluding hydrogens is 268 g/mol. The van der Waals surface area contributed by atoms with E-state index in [-0.39, 0.29) is 18.2 Å². The lowest BCUT2D eigenvalue weighted by Crippen LogP contribution is -2.48. The average Bonchev–Trinajstić information content (AvgIpc) is 3.21. The maximum Gasteiger partial charge on any atom is 0.317 e. The van der Waals surface area contributed by atoms with Gasteiger partial charge in [-0.2, -0.15) is 5.10 Å². The fourth-order valence-corrected chi connectivity index (χ4v) is 4.07. The van der Waals surface area contributed by atoms with E-state index in [1.54, 1.807) is 4.68 Å². The number of fused-ring (bicyclic) bond motifs is 2. The first-order valence-electron chi connectivity index (χ1n) is 7.88. The normalized spacial score (nSPS) is 34.6. The smallest absolute Gasteiger partial charge is 0.317 e. The molecule has 0 spiro atoms. The quantitative estimate of drug-likeness (QED) is 0.896. The van der Waals surface area contributed by atoms with Gasteiger partial charge in [-0.25, -0.2) is 4.79 Å². The van der Waals surface area contributed by atoms with Gasteiger partial charge >= 0.3 is 6.03 Å². The van der Waals surface area contributed by atoms with Crippen LogP contribution in [0.15, 0.2) is 12.4 Å². The van der Waals surface area contributed by atoms with Crippen molar-refractivity contribution in [3.63, 3.8) is 0 Å². The Hall–Kier alpha value is -1.56. The summed E-state index contributed by atoms with van der Waals surface area (Å²) >= 11 is 0. The van der Waals surface area contributed by atoms with Crippen molar-refractivity contribution in [3.8, 4) is 0 Å². The highest BCUT2D eigenvalue weighted by Crippen LogP contribution is 2.37. The second-order valence-corrected chi connectivity index (χ2v) is 6.57. The SMILES string of the molecule is Cn1cc([C@@H]2OCC[C@H]2NC(=O)N2C[C@H]3CC[C@@H]2C3)cn1. The molecule has 2 amide bonds. The number of nitrogens with one attached hydrogen (secondary N) is 1. The van der Waals surface area contributed by atoms with Crippen LogP contribution in [0.4, 0.5) is 4.79 Å². The third-order valence-electron chi connectivity index (χ3n) is 5.12. The van der Waals surface area contributed by atoms with Gasteiger partial charge in [0.25, 0.3) is 0 Å². The second-order valence-electron chi connectivity index (χ2n) is 6.57. The number of amides is 2. The lowest BCUT2D eigenvalue weighted by Gasteiger charge is -2.29. The summed E-state index contributed by atoms with van der Waals surface area (Å²) in [6.07, 6.45) is 8.25. The first-order valence-corrected chi connectivity index (χ1v) is 7.88. The molecule has 3 aliphatic rings. The summed E-state index contributed by atoms with van der Waals surface area (Å²) in [6, 6.07) is 0.613. The Morgan fingerprint density at radius 1 is 1.43 bits per heavy atom. The van der Waals surface area contributed by atoms with Gasteiger partial charge in [0.15, 0.2) is 0 Å². The molecule has 3 heterocycles. The number of carbonyl (C=O) groups is 1. The number of carbonyl (C=O) groups excluding carboxylic acids is 1. The number of ether oxygens (including phenoxy) is 1. The summed E-state index contributed by atoms with van der Waals surface area (Å²) in [6.45, 7) is 1.62. The van der Waals surface area contributed by atoms with E-state index in [1.165, 1.54) is 19.3 Å². The molecule has 114 valence electrons. The molecule has 6 nitrogen and oxygen atoms in total. The van der Waals surface area contributed by atoms with Crippen LogP contribution in [0.3, 0.4) is 0 Å². The van der Waals surface area contributed by atoms with Gasteiger partial charge in [0, 0.05) is 38.0 Å². The molecule has 0 aromatic carbocycles.